The number of aromatic amines is 1. The van der Waals surface area contributed by atoms with Crippen LogP contribution in [0.3, 0.4) is 0 Å². The van der Waals surface area contributed by atoms with Gasteiger partial charge in [0.2, 0.25) is 5.95 Å². The molecular formula is C20H16Cl2N6O2. The van der Waals surface area contributed by atoms with Gasteiger partial charge in [0.05, 0.1) is 27.7 Å². The van der Waals surface area contributed by atoms with Crippen molar-refractivity contribution in [3.8, 4) is 5.69 Å². The molecule has 2 heterocycles. The lowest BCUT2D eigenvalue weighted by Gasteiger charge is -2.12. The molecule has 0 atom stereocenters. The van der Waals surface area contributed by atoms with E-state index in [0.29, 0.717) is 11.1 Å². The first kappa shape index (κ1) is 20.1. The maximum Gasteiger partial charge on any atom is 0.333 e. The zero-order chi connectivity index (χ0) is 21.4. The monoisotopic (exact) mass is 442 g/mol. The Balaban J connectivity index is 1.81. The number of nitrogens with one attached hydrogen (secondary N) is 3. The van der Waals surface area contributed by atoms with Crippen molar-refractivity contribution in [2.24, 2.45) is 0 Å². The molecule has 0 fully saturated rings. The summed E-state index contributed by atoms with van der Waals surface area (Å²) in [5.74, 6) is 0.235. The first-order chi connectivity index (χ1) is 14.4. The van der Waals surface area contributed by atoms with Crippen LogP contribution in [-0.4, -0.2) is 24.6 Å². The molecule has 10 heteroatoms. The third kappa shape index (κ3) is 3.56. The highest BCUT2D eigenvalue weighted by molar-refractivity contribution is 6.37. The summed E-state index contributed by atoms with van der Waals surface area (Å²) in [5.41, 5.74) is 2.09. The third-order valence-corrected chi connectivity index (χ3v) is 5.24. The SMILES string of the molecule is Cc1ccc(Nc2ncc3c(=N)n(-c4c(Cl)cccc4Cl)c(=O)[nH]c3n2)cc1CO. The van der Waals surface area contributed by atoms with Gasteiger partial charge in [-0.15, -0.1) is 0 Å². The number of rotatable bonds is 4. The Hall–Kier alpha value is -3.20. The molecule has 0 aliphatic carbocycles. The molecule has 8 nitrogen and oxygen atoms in total. The van der Waals surface area contributed by atoms with E-state index in [9.17, 15) is 9.90 Å². The number of benzene rings is 2. The molecular weight excluding hydrogens is 427 g/mol. The molecule has 2 aromatic heterocycles. The van der Waals surface area contributed by atoms with Crippen molar-refractivity contribution >= 4 is 45.9 Å². The highest BCUT2D eigenvalue weighted by atomic mass is 35.5. The normalized spacial score (nSPS) is 11.1. The summed E-state index contributed by atoms with van der Waals surface area (Å²) in [4.78, 5) is 23.9. The molecule has 2 aromatic carbocycles. The molecule has 30 heavy (non-hydrogen) atoms. The van der Waals surface area contributed by atoms with E-state index in [2.05, 4.69) is 20.3 Å². The number of aliphatic hydroxyl groups is 1. The van der Waals surface area contributed by atoms with Gasteiger partial charge in [-0.05, 0) is 42.3 Å². The summed E-state index contributed by atoms with van der Waals surface area (Å²) in [5, 5.41) is 21.7. The summed E-state index contributed by atoms with van der Waals surface area (Å²) in [6, 6.07) is 10.3. The Morgan fingerprint density at radius 1 is 1.23 bits per heavy atom. The Morgan fingerprint density at radius 3 is 2.67 bits per heavy atom. The van der Waals surface area contributed by atoms with Crippen LogP contribution in [0.5, 0.6) is 0 Å². The predicted molar refractivity (Wildman–Crippen MR) is 116 cm³/mol. The zero-order valence-electron chi connectivity index (χ0n) is 15.7. The summed E-state index contributed by atoms with van der Waals surface area (Å²) in [6.07, 6.45) is 1.44. The van der Waals surface area contributed by atoms with Crippen molar-refractivity contribution in [3.63, 3.8) is 0 Å². The molecule has 0 spiro atoms. The van der Waals surface area contributed by atoms with Crippen molar-refractivity contribution < 1.29 is 5.11 Å². The molecule has 4 N–H and O–H groups in total. The number of H-pyrrole nitrogens is 1. The van der Waals surface area contributed by atoms with Crippen molar-refractivity contribution in [2.45, 2.75) is 13.5 Å². The number of hydrogen-bond acceptors (Lipinski definition) is 6. The van der Waals surface area contributed by atoms with E-state index in [4.69, 9.17) is 28.6 Å². The second-order valence-electron chi connectivity index (χ2n) is 6.56. The number of aromatic nitrogens is 4. The maximum atomic E-state index is 12.7. The van der Waals surface area contributed by atoms with Crippen molar-refractivity contribution in [1.29, 1.82) is 5.41 Å². The van der Waals surface area contributed by atoms with Gasteiger partial charge < -0.3 is 10.4 Å². The lowest BCUT2D eigenvalue weighted by Crippen LogP contribution is -2.34. The van der Waals surface area contributed by atoms with Gasteiger partial charge in [0.1, 0.15) is 5.49 Å². The minimum absolute atomic E-state index is 0.0833. The standard InChI is InChI=1S/C20H16Cl2N6O2/c1-10-5-6-12(7-11(10)9-29)25-19-24-8-13-17(23)28(20(30)27-18(13)26-19)16-14(21)3-2-4-15(16)22/h2-8,23,29H,9H2,1H3,(H2,24,25,26,27,30). The average molecular weight is 443 g/mol. The molecule has 0 bridgehead atoms. The minimum Gasteiger partial charge on any atom is -0.392 e. The fraction of sp³-hybridized carbons (Fsp3) is 0.100. The molecule has 4 rings (SSSR count). The van der Waals surface area contributed by atoms with E-state index < -0.39 is 5.69 Å². The number of fused-ring (bicyclic) bond motifs is 1. The smallest absolute Gasteiger partial charge is 0.333 e. The Bertz CT molecular complexity index is 1380. The Kier molecular flexibility index (Phi) is 5.29. The van der Waals surface area contributed by atoms with E-state index in [0.717, 1.165) is 15.7 Å². The summed E-state index contributed by atoms with van der Waals surface area (Å²) < 4.78 is 1.08. The lowest BCUT2D eigenvalue weighted by molar-refractivity contribution is 0.281. The highest BCUT2D eigenvalue weighted by Crippen LogP contribution is 2.26. The fourth-order valence-corrected chi connectivity index (χ4v) is 3.62. The van der Waals surface area contributed by atoms with Crippen molar-refractivity contribution in [2.75, 3.05) is 5.32 Å². The van der Waals surface area contributed by atoms with Gasteiger partial charge in [0.25, 0.3) is 0 Å². The van der Waals surface area contributed by atoms with Gasteiger partial charge in [0.15, 0.2) is 5.65 Å². The van der Waals surface area contributed by atoms with Crippen LogP contribution in [0.1, 0.15) is 11.1 Å². The van der Waals surface area contributed by atoms with Gasteiger partial charge in [-0.3, -0.25) is 10.4 Å². The van der Waals surface area contributed by atoms with Crippen LogP contribution in [0.15, 0.2) is 47.4 Å². The quantitative estimate of drug-likeness (QED) is 0.385. The van der Waals surface area contributed by atoms with Crippen molar-refractivity contribution in [1.82, 2.24) is 19.5 Å². The minimum atomic E-state index is -0.606. The largest absolute Gasteiger partial charge is 0.392 e. The second-order valence-corrected chi connectivity index (χ2v) is 7.38. The van der Waals surface area contributed by atoms with Gasteiger partial charge >= 0.3 is 5.69 Å². The Labute approximate surface area is 180 Å². The van der Waals surface area contributed by atoms with Crippen LogP contribution in [-0.2, 0) is 6.61 Å². The second kappa shape index (κ2) is 7.91. The predicted octanol–water partition coefficient (Wildman–Crippen LogP) is 3.44. The molecule has 4 aromatic rings. The molecule has 152 valence electrons. The van der Waals surface area contributed by atoms with E-state index in [1.807, 2.05) is 19.1 Å². The molecule has 0 saturated heterocycles. The van der Waals surface area contributed by atoms with Gasteiger partial charge in [-0.25, -0.2) is 14.3 Å². The number of aliphatic hydroxyl groups excluding tert-OH is 1. The van der Waals surface area contributed by atoms with E-state index in [1.165, 1.54) is 6.20 Å². The molecule has 0 saturated carbocycles. The van der Waals surface area contributed by atoms with Crippen LogP contribution in [0.4, 0.5) is 11.6 Å². The highest BCUT2D eigenvalue weighted by Gasteiger charge is 2.15. The van der Waals surface area contributed by atoms with E-state index in [1.54, 1.807) is 24.3 Å². The molecule has 0 amide bonds. The van der Waals surface area contributed by atoms with Crippen LogP contribution in [0, 0.1) is 12.3 Å². The lowest BCUT2D eigenvalue weighted by atomic mass is 10.1. The van der Waals surface area contributed by atoms with Gasteiger partial charge in [-0.1, -0.05) is 35.3 Å². The topological polar surface area (TPSA) is 120 Å². The third-order valence-electron chi connectivity index (χ3n) is 4.63. The van der Waals surface area contributed by atoms with Crippen LogP contribution in [0.2, 0.25) is 10.0 Å². The molecule has 0 radical (unpaired) electrons. The molecule has 0 unspecified atom stereocenters. The zero-order valence-corrected chi connectivity index (χ0v) is 17.2. The van der Waals surface area contributed by atoms with Crippen LogP contribution in [0.25, 0.3) is 16.7 Å². The number of hydrogen-bond donors (Lipinski definition) is 4. The average Bonchev–Trinajstić information content (AvgIpc) is 2.71. The number of anilines is 2. The van der Waals surface area contributed by atoms with E-state index >= 15 is 0 Å². The maximum absolute atomic E-state index is 12.7. The summed E-state index contributed by atoms with van der Waals surface area (Å²) in [7, 11) is 0. The van der Waals surface area contributed by atoms with Crippen molar-refractivity contribution in [3.05, 3.63) is 79.7 Å². The number of para-hydroxylation sites is 1. The van der Waals surface area contributed by atoms with Crippen LogP contribution < -0.4 is 16.5 Å². The Morgan fingerprint density at radius 2 is 1.97 bits per heavy atom. The van der Waals surface area contributed by atoms with Gasteiger partial charge in [-0.2, -0.15) is 4.98 Å². The van der Waals surface area contributed by atoms with Gasteiger partial charge in [0, 0.05) is 11.9 Å². The molecule has 0 aliphatic rings. The number of nitrogens with zero attached hydrogens (tertiary/aromatic N) is 3. The molecule has 0 aliphatic heterocycles. The van der Waals surface area contributed by atoms with E-state index in [-0.39, 0.29) is 39.4 Å². The first-order valence-corrected chi connectivity index (χ1v) is 9.63. The van der Waals surface area contributed by atoms with Crippen LogP contribution >= 0.6 is 23.2 Å². The number of halogens is 2. The summed E-state index contributed by atoms with van der Waals surface area (Å²) >= 11 is 12.4. The fourth-order valence-electron chi connectivity index (χ4n) is 3.05. The number of aryl methyl sites for hydroxylation is 1. The first-order valence-electron chi connectivity index (χ1n) is 8.87. The summed E-state index contributed by atoms with van der Waals surface area (Å²) in [6.45, 7) is 1.82.